The molecule has 20 heavy (non-hydrogen) atoms. The lowest BCUT2D eigenvalue weighted by Crippen LogP contribution is -2.25. The normalized spacial score (nSPS) is 19.9. The maximum Gasteiger partial charge on any atom is 0.238 e. The van der Waals surface area contributed by atoms with Gasteiger partial charge in [-0.3, -0.25) is 0 Å². The van der Waals surface area contributed by atoms with E-state index in [4.69, 9.17) is 14.6 Å². The number of nitrogens with two attached hydrogens (primary N) is 1. The molecule has 0 spiro atoms. The maximum atomic E-state index is 11.5. The molecule has 5 nitrogen and oxygen atoms in total. The second-order valence-electron chi connectivity index (χ2n) is 5.23. The molecule has 0 saturated carbocycles. The van der Waals surface area contributed by atoms with Crippen molar-refractivity contribution in [3.05, 3.63) is 23.3 Å². The molecule has 0 radical (unpaired) electrons. The van der Waals surface area contributed by atoms with Crippen LogP contribution in [0.2, 0.25) is 0 Å². The number of benzene rings is 1. The van der Waals surface area contributed by atoms with Crippen LogP contribution in [0.5, 0.6) is 5.75 Å². The molecule has 1 aliphatic rings. The quantitative estimate of drug-likeness (QED) is 0.921. The van der Waals surface area contributed by atoms with Gasteiger partial charge < -0.3 is 9.47 Å². The summed E-state index contributed by atoms with van der Waals surface area (Å²) in [6.45, 7) is 4.72. The minimum atomic E-state index is -3.70. The fourth-order valence-electron chi connectivity index (χ4n) is 2.57. The Balaban J connectivity index is 2.10. The van der Waals surface area contributed by atoms with E-state index in [1.165, 1.54) is 0 Å². The number of hydrogen-bond donors (Lipinski definition) is 1. The molecule has 1 aromatic rings. The molecule has 1 heterocycles. The number of primary sulfonamides is 1. The van der Waals surface area contributed by atoms with Crippen molar-refractivity contribution in [1.29, 1.82) is 0 Å². The first-order chi connectivity index (χ1) is 9.38. The van der Waals surface area contributed by atoms with Crippen LogP contribution in [0, 0.1) is 13.8 Å². The topological polar surface area (TPSA) is 78.6 Å². The second kappa shape index (κ2) is 6.11. The highest BCUT2D eigenvalue weighted by Gasteiger charge is 2.18. The second-order valence-corrected chi connectivity index (χ2v) is 6.73. The van der Waals surface area contributed by atoms with Crippen molar-refractivity contribution in [2.45, 2.75) is 44.1 Å². The summed E-state index contributed by atoms with van der Waals surface area (Å²) in [6.07, 6.45) is 3.41. The van der Waals surface area contributed by atoms with E-state index >= 15 is 0 Å². The van der Waals surface area contributed by atoms with E-state index in [1.807, 2.05) is 0 Å². The average molecular weight is 299 g/mol. The standard InChI is InChI=1S/C14H21NO4S/c1-10-7-13(8-11(2)14(10)20(15,16)17)19-9-12-5-3-4-6-18-12/h7-8,12H,3-6,9H2,1-2H3,(H2,15,16,17). The molecule has 1 unspecified atom stereocenters. The Bertz CT molecular complexity index is 554. The summed E-state index contributed by atoms with van der Waals surface area (Å²) in [6, 6.07) is 3.41. The molecular formula is C14H21NO4S. The summed E-state index contributed by atoms with van der Waals surface area (Å²) in [5.74, 6) is 0.654. The van der Waals surface area contributed by atoms with Gasteiger partial charge in [0.05, 0.1) is 11.0 Å². The summed E-state index contributed by atoms with van der Waals surface area (Å²) in [7, 11) is -3.70. The third-order valence-corrected chi connectivity index (χ3v) is 4.64. The highest BCUT2D eigenvalue weighted by atomic mass is 32.2. The molecule has 0 amide bonds. The average Bonchev–Trinajstić information content (AvgIpc) is 2.35. The van der Waals surface area contributed by atoms with Crippen molar-refractivity contribution in [2.24, 2.45) is 5.14 Å². The van der Waals surface area contributed by atoms with Crippen molar-refractivity contribution in [2.75, 3.05) is 13.2 Å². The van der Waals surface area contributed by atoms with Crippen LogP contribution in [0.1, 0.15) is 30.4 Å². The first-order valence-electron chi connectivity index (χ1n) is 6.76. The number of ether oxygens (including phenoxy) is 2. The van der Waals surface area contributed by atoms with E-state index < -0.39 is 10.0 Å². The third-order valence-electron chi connectivity index (χ3n) is 3.43. The molecule has 1 aliphatic heterocycles. The van der Waals surface area contributed by atoms with Gasteiger partial charge >= 0.3 is 0 Å². The van der Waals surface area contributed by atoms with E-state index in [0.717, 1.165) is 25.9 Å². The van der Waals surface area contributed by atoms with Gasteiger partial charge in [0.2, 0.25) is 10.0 Å². The van der Waals surface area contributed by atoms with Gasteiger partial charge in [-0.25, -0.2) is 13.6 Å². The lowest BCUT2D eigenvalue weighted by molar-refractivity contribution is -0.0111. The zero-order valence-corrected chi connectivity index (χ0v) is 12.7. The van der Waals surface area contributed by atoms with Crippen molar-refractivity contribution in [1.82, 2.24) is 0 Å². The van der Waals surface area contributed by atoms with Gasteiger partial charge in [-0.15, -0.1) is 0 Å². The lowest BCUT2D eigenvalue weighted by atomic mass is 10.1. The summed E-state index contributed by atoms with van der Waals surface area (Å²) in [5, 5.41) is 5.21. The molecule has 1 atom stereocenters. The van der Waals surface area contributed by atoms with Crippen LogP contribution in [0.25, 0.3) is 0 Å². The summed E-state index contributed by atoms with van der Waals surface area (Å²) >= 11 is 0. The first-order valence-corrected chi connectivity index (χ1v) is 8.31. The number of hydrogen-bond acceptors (Lipinski definition) is 4. The van der Waals surface area contributed by atoms with Crippen LogP contribution in [-0.4, -0.2) is 27.7 Å². The van der Waals surface area contributed by atoms with Gasteiger partial charge in [-0.2, -0.15) is 0 Å². The van der Waals surface area contributed by atoms with Crippen LogP contribution in [0.3, 0.4) is 0 Å². The Hall–Kier alpha value is -1.11. The monoisotopic (exact) mass is 299 g/mol. The molecule has 0 aliphatic carbocycles. The Morgan fingerprint density at radius 2 is 1.95 bits per heavy atom. The van der Waals surface area contributed by atoms with E-state index in [2.05, 4.69) is 0 Å². The van der Waals surface area contributed by atoms with Gasteiger partial charge in [0.15, 0.2) is 0 Å². The number of sulfonamides is 1. The molecule has 112 valence electrons. The largest absolute Gasteiger partial charge is 0.491 e. The van der Waals surface area contributed by atoms with Crippen molar-refractivity contribution in [3.63, 3.8) is 0 Å². The zero-order chi connectivity index (χ0) is 14.8. The first kappa shape index (κ1) is 15.3. The maximum absolute atomic E-state index is 11.5. The minimum absolute atomic E-state index is 0.127. The molecule has 1 aromatic carbocycles. The smallest absolute Gasteiger partial charge is 0.238 e. The van der Waals surface area contributed by atoms with Crippen LogP contribution < -0.4 is 9.88 Å². The number of aryl methyl sites for hydroxylation is 2. The van der Waals surface area contributed by atoms with Crippen molar-refractivity contribution < 1.29 is 17.9 Å². The molecule has 2 N–H and O–H groups in total. The highest BCUT2D eigenvalue weighted by Crippen LogP contribution is 2.25. The van der Waals surface area contributed by atoms with Crippen LogP contribution in [0.4, 0.5) is 0 Å². The summed E-state index contributed by atoms with van der Waals surface area (Å²) in [4.78, 5) is 0.179. The van der Waals surface area contributed by atoms with Gasteiger partial charge in [0.1, 0.15) is 12.4 Å². The highest BCUT2D eigenvalue weighted by molar-refractivity contribution is 7.89. The predicted octanol–water partition coefficient (Wildman–Crippen LogP) is 1.90. The Labute approximate surface area is 120 Å². The Morgan fingerprint density at radius 3 is 2.45 bits per heavy atom. The van der Waals surface area contributed by atoms with Crippen molar-refractivity contribution in [3.8, 4) is 5.75 Å². The third kappa shape index (κ3) is 3.71. The summed E-state index contributed by atoms with van der Waals surface area (Å²) < 4.78 is 34.3. The molecule has 1 fully saturated rings. The van der Waals surface area contributed by atoms with Crippen LogP contribution >= 0.6 is 0 Å². The molecule has 0 aromatic heterocycles. The molecule has 1 saturated heterocycles. The molecule has 0 bridgehead atoms. The fraction of sp³-hybridized carbons (Fsp3) is 0.571. The van der Waals surface area contributed by atoms with E-state index in [1.54, 1.807) is 26.0 Å². The molecule has 2 rings (SSSR count). The minimum Gasteiger partial charge on any atom is -0.491 e. The SMILES string of the molecule is Cc1cc(OCC2CCCCO2)cc(C)c1S(N)(=O)=O. The van der Waals surface area contributed by atoms with E-state index in [-0.39, 0.29) is 11.0 Å². The Kier molecular flexibility index (Phi) is 4.67. The fourth-order valence-corrected chi connectivity index (χ4v) is 3.59. The Morgan fingerprint density at radius 1 is 1.30 bits per heavy atom. The summed E-state index contributed by atoms with van der Waals surface area (Å²) in [5.41, 5.74) is 1.21. The van der Waals surface area contributed by atoms with Crippen molar-refractivity contribution >= 4 is 10.0 Å². The van der Waals surface area contributed by atoms with Crippen LogP contribution in [0.15, 0.2) is 17.0 Å². The lowest BCUT2D eigenvalue weighted by Gasteiger charge is -2.23. The van der Waals surface area contributed by atoms with Gasteiger partial charge in [0.25, 0.3) is 0 Å². The molecule has 6 heteroatoms. The predicted molar refractivity (Wildman–Crippen MR) is 76.4 cm³/mol. The van der Waals surface area contributed by atoms with E-state index in [9.17, 15) is 8.42 Å². The van der Waals surface area contributed by atoms with E-state index in [0.29, 0.717) is 23.5 Å². The van der Waals surface area contributed by atoms with Gasteiger partial charge in [0, 0.05) is 6.61 Å². The zero-order valence-electron chi connectivity index (χ0n) is 11.9. The van der Waals surface area contributed by atoms with Gasteiger partial charge in [-0.1, -0.05) is 0 Å². The number of rotatable bonds is 4. The molecular weight excluding hydrogens is 278 g/mol. The van der Waals surface area contributed by atoms with Gasteiger partial charge in [-0.05, 0) is 56.4 Å². The van der Waals surface area contributed by atoms with Crippen LogP contribution in [-0.2, 0) is 14.8 Å².